The van der Waals surface area contributed by atoms with E-state index < -0.39 is 0 Å². The highest BCUT2D eigenvalue weighted by Gasteiger charge is 2.30. The summed E-state index contributed by atoms with van der Waals surface area (Å²) in [6.07, 6.45) is 3.71. The van der Waals surface area contributed by atoms with Gasteiger partial charge in [0.1, 0.15) is 17.6 Å². The molecule has 0 bridgehead atoms. The molecule has 5 nitrogen and oxygen atoms in total. The molecule has 1 atom stereocenters. The number of rotatable bonds is 3. The van der Waals surface area contributed by atoms with Gasteiger partial charge in [-0.05, 0) is 31.6 Å². The van der Waals surface area contributed by atoms with Crippen LogP contribution in [0.5, 0.6) is 0 Å². The number of hydrogen-bond acceptors (Lipinski definition) is 3. The van der Waals surface area contributed by atoms with Gasteiger partial charge in [-0.1, -0.05) is 6.92 Å². The second-order valence-corrected chi connectivity index (χ2v) is 4.53. The smallest absolute Gasteiger partial charge is 0.247 e. The highest BCUT2D eigenvalue weighted by atomic mass is 16.3. The van der Waals surface area contributed by atoms with Crippen molar-refractivity contribution >= 4 is 17.9 Å². The molecule has 2 rings (SSSR count). The van der Waals surface area contributed by atoms with Gasteiger partial charge in [-0.2, -0.15) is 0 Å². The molecule has 0 aromatic carbocycles. The van der Waals surface area contributed by atoms with E-state index in [0.717, 1.165) is 5.76 Å². The molecule has 2 heterocycles. The van der Waals surface area contributed by atoms with E-state index in [1.807, 2.05) is 19.9 Å². The summed E-state index contributed by atoms with van der Waals surface area (Å²) < 4.78 is 5.36. The van der Waals surface area contributed by atoms with Crippen molar-refractivity contribution in [2.75, 3.05) is 13.1 Å². The number of amides is 2. The first-order valence-corrected chi connectivity index (χ1v) is 6.44. The lowest BCUT2D eigenvalue weighted by Gasteiger charge is -2.33. The third kappa shape index (κ3) is 3.05. The Morgan fingerprint density at radius 3 is 3.00 bits per heavy atom. The molecule has 1 aromatic rings. The van der Waals surface area contributed by atoms with Crippen LogP contribution in [0.4, 0.5) is 0 Å². The van der Waals surface area contributed by atoms with E-state index >= 15 is 0 Å². The van der Waals surface area contributed by atoms with Gasteiger partial charge in [0.15, 0.2) is 0 Å². The Balaban J connectivity index is 2.06. The fourth-order valence-electron chi connectivity index (χ4n) is 2.18. The molecule has 1 aromatic heterocycles. The number of nitrogens with one attached hydrogen (secondary N) is 1. The number of carbonyl (C=O) groups excluding carboxylic acids is 2. The van der Waals surface area contributed by atoms with E-state index in [0.29, 0.717) is 25.3 Å². The minimum Gasteiger partial charge on any atom is -0.462 e. The molecule has 0 spiro atoms. The van der Waals surface area contributed by atoms with Crippen LogP contribution in [-0.4, -0.2) is 35.8 Å². The van der Waals surface area contributed by atoms with E-state index in [1.54, 1.807) is 17.0 Å². The van der Waals surface area contributed by atoms with Crippen LogP contribution in [0.15, 0.2) is 22.6 Å². The number of hydrogen-bond donors (Lipinski definition) is 1. The van der Waals surface area contributed by atoms with E-state index in [1.165, 1.54) is 6.08 Å². The Labute approximate surface area is 112 Å². The van der Waals surface area contributed by atoms with Crippen molar-refractivity contribution in [1.29, 1.82) is 0 Å². The highest BCUT2D eigenvalue weighted by molar-refractivity contribution is 5.96. The van der Waals surface area contributed by atoms with Gasteiger partial charge in [-0.15, -0.1) is 0 Å². The van der Waals surface area contributed by atoms with Crippen molar-refractivity contribution in [2.45, 2.75) is 26.3 Å². The van der Waals surface area contributed by atoms with Crippen molar-refractivity contribution in [3.8, 4) is 0 Å². The average Bonchev–Trinajstić information content (AvgIpc) is 2.81. The van der Waals surface area contributed by atoms with Crippen molar-refractivity contribution in [3.05, 3.63) is 29.7 Å². The monoisotopic (exact) mass is 262 g/mol. The SMILES string of the molecule is CCC1C(=O)NCCN1C(=O)C=Cc1ccc(C)o1. The quantitative estimate of drug-likeness (QED) is 0.836. The van der Waals surface area contributed by atoms with Crippen LogP contribution in [0.25, 0.3) is 6.08 Å². The Hall–Kier alpha value is -2.04. The van der Waals surface area contributed by atoms with Gasteiger partial charge in [-0.25, -0.2) is 0 Å². The maximum atomic E-state index is 12.1. The summed E-state index contributed by atoms with van der Waals surface area (Å²) in [5.41, 5.74) is 0. The van der Waals surface area contributed by atoms with Crippen molar-refractivity contribution in [3.63, 3.8) is 0 Å². The zero-order valence-electron chi connectivity index (χ0n) is 11.2. The van der Waals surface area contributed by atoms with Gasteiger partial charge in [0.25, 0.3) is 0 Å². The molecule has 1 aliphatic heterocycles. The van der Waals surface area contributed by atoms with Crippen LogP contribution < -0.4 is 5.32 Å². The van der Waals surface area contributed by atoms with Crippen molar-refractivity contribution in [1.82, 2.24) is 10.2 Å². The minimum atomic E-state index is -0.371. The van der Waals surface area contributed by atoms with E-state index in [-0.39, 0.29) is 17.9 Å². The third-order valence-corrected chi connectivity index (χ3v) is 3.15. The summed E-state index contributed by atoms with van der Waals surface area (Å²) in [5.74, 6) is 1.20. The van der Waals surface area contributed by atoms with Gasteiger partial charge in [0.2, 0.25) is 11.8 Å². The van der Waals surface area contributed by atoms with Gasteiger partial charge < -0.3 is 14.6 Å². The van der Waals surface area contributed by atoms with E-state index in [4.69, 9.17) is 4.42 Å². The number of carbonyl (C=O) groups is 2. The Bertz CT molecular complexity index is 505. The first-order valence-electron chi connectivity index (χ1n) is 6.44. The number of nitrogens with zero attached hydrogens (tertiary/aromatic N) is 1. The lowest BCUT2D eigenvalue weighted by molar-refractivity contribution is -0.140. The molecule has 19 heavy (non-hydrogen) atoms. The van der Waals surface area contributed by atoms with Crippen LogP contribution in [0.2, 0.25) is 0 Å². The average molecular weight is 262 g/mol. The Morgan fingerprint density at radius 2 is 2.37 bits per heavy atom. The predicted octanol–water partition coefficient (Wildman–Crippen LogP) is 1.34. The lowest BCUT2D eigenvalue weighted by atomic mass is 10.1. The Morgan fingerprint density at radius 1 is 1.58 bits per heavy atom. The summed E-state index contributed by atoms with van der Waals surface area (Å²) in [6.45, 7) is 4.80. The van der Waals surface area contributed by atoms with Gasteiger partial charge in [0, 0.05) is 19.2 Å². The molecule has 1 saturated heterocycles. The Kier molecular flexibility index (Phi) is 4.04. The number of furan rings is 1. The molecule has 0 saturated carbocycles. The maximum Gasteiger partial charge on any atom is 0.247 e. The lowest BCUT2D eigenvalue weighted by Crippen LogP contribution is -2.56. The highest BCUT2D eigenvalue weighted by Crippen LogP contribution is 2.12. The van der Waals surface area contributed by atoms with Gasteiger partial charge >= 0.3 is 0 Å². The summed E-state index contributed by atoms with van der Waals surface area (Å²) in [5, 5.41) is 2.77. The van der Waals surface area contributed by atoms with Crippen LogP contribution >= 0.6 is 0 Å². The fourth-order valence-corrected chi connectivity index (χ4v) is 2.18. The maximum absolute atomic E-state index is 12.1. The molecule has 1 N–H and O–H groups in total. The largest absolute Gasteiger partial charge is 0.462 e. The minimum absolute atomic E-state index is 0.0793. The molecular weight excluding hydrogens is 244 g/mol. The van der Waals surface area contributed by atoms with Crippen LogP contribution in [0.3, 0.4) is 0 Å². The molecular formula is C14H18N2O3. The third-order valence-electron chi connectivity index (χ3n) is 3.15. The van der Waals surface area contributed by atoms with Crippen LogP contribution in [0, 0.1) is 6.92 Å². The standard InChI is InChI=1S/C14H18N2O3/c1-3-12-14(18)15-8-9-16(12)13(17)7-6-11-5-4-10(2)19-11/h4-7,12H,3,8-9H2,1-2H3,(H,15,18). The van der Waals surface area contributed by atoms with Crippen LogP contribution in [-0.2, 0) is 9.59 Å². The zero-order valence-corrected chi connectivity index (χ0v) is 11.2. The number of aryl methyl sites for hydroxylation is 1. The predicted molar refractivity (Wildman–Crippen MR) is 71.3 cm³/mol. The van der Waals surface area contributed by atoms with Crippen molar-refractivity contribution in [2.24, 2.45) is 0 Å². The first-order chi connectivity index (χ1) is 9.11. The molecule has 1 unspecified atom stereocenters. The zero-order chi connectivity index (χ0) is 13.8. The molecule has 0 radical (unpaired) electrons. The molecule has 0 aliphatic carbocycles. The van der Waals surface area contributed by atoms with Gasteiger partial charge in [0.05, 0.1) is 0 Å². The van der Waals surface area contributed by atoms with Crippen LogP contribution in [0.1, 0.15) is 24.9 Å². The summed E-state index contributed by atoms with van der Waals surface area (Å²) in [4.78, 5) is 25.4. The first kappa shape index (κ1) is 13.4. The second-order valence-electron chi connectivity index (χ2n) is 4.53. The molecule has 102 valence electrons. The summed E-state index contributed by atoms with van der Waals surface area (Å²) in [7, 11) is 0. The van der Waals surface area contributed by atoms with Gasteiger partial charge in [-0.3, -0.25) is 9.59 Å². The molecule has 1 aliphatic rings. The number of piperazine rings is 1. The topological polar surface area (TPSA) is 62.6 Å². The molecule has 1 fully saturated rings. The summed E-state index contributed by atoms with van der Waals surface area (Å²) in [6, 6.07) is 3.27. The molecule has 5 heteroatoms. The van der Waals surface area contributed by atoms with E-state index in [2.05, 4.69) is 5.32 Å². The second kappa shape index (κ2) is 5.73. The van der Waals surface area contributed by atoms with Crippen molar-refractivity contribution < 1.29 is 14.0 Å². The fraction of sp³-hybridized carbons (Fsp3) is 0.429. The summed E-state index contributed by atoms with van der Waals surface area (Å²) >= 11 is 0. The normalized spacial score (nSPS) is 19.8. The van der Waals surface area contributed by atoms with E-state index in [9.17, 15) is 9.59 Å². The molecule has 2 amide bonds.